The Morgan fingerprint density at radius 3 is 2.89 bits per heavy atom. The molecule has 0 fully saturated rings. The van der Waals surface area contributed by atoms with E-state index in [-0.39, 0.29) is 13.0 Å². The third kappa shape index (κ3) is 2.58. The Morgan fingerprint density at radius 2 is 2.26 bits per heavy atom. The highest BCUT2D eigenvalue weighted by atomic mass is 16.5. The molecule has 0 spiro atoms. The fourth-order valence-corrected chi connectivity index (χ4v) is 1.99. The highest BCUT2D eigenvalue weighted by molar-refractivity contribution is 5.77. The Bertz CT molecular complexity index is 640. The number of nitrogens with zero attached hydrogens (tertiary/aromatic N) is 3. The van der Waals surface area contributed by atoms with E-state index in [9.17, 15) is 4.79 Å². The van der Waals surface area contributed by atoms with Crippen LogP contribution in [-0.4, -0.2) is 22.1 Å². The number of nitriles is 1. The van der Waals surface area contributed by atoms with Gasteiger partial charge in [0.05, 0.1) is 23.7 Å². The number of benzene rings is 1. The summed E-state index contributed by atoms with van der Waals surface area (Å²) in [6.07, 6.45) is 0.264. The largest absolute Gasteiger partial charge is 0.465 e. The molecule has 0 amide bonds. The number of carbonyl (C=O) groups is 1. The lowest BCUT2D eigenvalue weighted by atomic mass is 10.1. The van der Waals surface area contributed by atoms with Crippen molar-refractivity contribution in [3.05, 3.63) is 30.1 Å². The average molecular weight is 257 g/mol. The van der Waals surface area contributed by atoms with Crippen LogP contribution in [0.2, 0.25) is 0 Å². The second-order valence-electron chi connectivity index (χ2n) is 4.21. The summed E-state index contributed by atoms with van der Waals surface area (Å²) in [4.78, 5) is 16.1. The number of carbonyl (C=O) groups excluding carboxylic acids is 1. The Kier molecular flexibility index (Phi) is 3.81. The molecular formula is C14H15N3O2. The molecule has 0 saturated heterocycles. The van der Waals surface area contributed by atoms with Gasteiger partial charge in [0, 0.05) is 13.5 Å². The highest BCUT2D eigenvalue weighted by Crippen LogP contribution is 2.17. The number of rotatable bonds is 4. The van der Waals surface area contributed by atoms with E-state index in [4.69, 9.17) is 10.00 Å². The molecule has 1 aromatic heterocycles. The van der Waals surface area contributed by atoms with Gasteiger partial charge in [-0.05, 0) is 19.1 Å². The minimum Gasteiger partial charge on any atom is -0.465 e. The first kappa shape index (κ1) is 13.1. The van der Waals surface area contributed by atoms with Gasteiger partial charge < -0.3 is 9.30 Å². The molecule has 2 aromatic rings. The molecule has 0 saturated carbocycles. The summed E-state index contributed by atoms with van der Waals surface area (Å²) in [7, 11) is 1.88. The summed E-state index contributed by atoms with van der Waals surface area (Å²) in [5.41, 5.74) is 1.85. The predicted molar refractivity (Wildman–Crippen MR) is 70.2 cm³/mol. The van der Waals surface area contributed by atoms with Crippen molar-refractivity contribution >= 4 is 17.0 Å². The summed E-state index contributed by atoms with van der Waals surface area (Å²) in [6.45, 7) is 2.00. The smallest absolute Gasteiger partial charge is 0.323 e. The molecule has 98 valence electrons. The third-order valence-electron chi connectivity index (χ3n) is 2.99. The minimum atomic E-state index is -0.810. The van der Waals surface area contributed by atoms with Crippen molar-refractivity contribution in [2.75, 3.05) is 6.61 Å². The van der Waals surface area contributed by atoms with E-state index in [1.54, 1.807) is 6.92 Å². The molecule has 1 heterocycles. The van der Waals surface area contributed by atoms with Crippen molar-refractivity contribution in [1.82, 2.24) is 9.55 Å². The van der Waals surface area contributed by atoms with E-state index >= 15 is 0 Å². The molecule has 0 aliphatic carbocycles. The molecule has 5 nitrogen and oxygen atoms in total. The Hall–Kier alpha value is -2.35. The zero-order valence-corrected chi connectivity index (χ0v) is 11.0. The highest BCUT2D eigenvalue weighted by Gasteiger charge is 2.22. The summed E-state index contributed by atoms with van der Waals surface area (Å²) in [5.74, 6) is -0.590. The van der Waals surface area contributed by atoms with E-state index in [1.807, 2.05) is 41.9 Å². The van der Waals surface area contributed by atoms with Crippen LogP contribution in [0.15, 0.2) is 24.3 Å². The number of ether oxygens (including phenoxy) is 1. The van der Waals surface area contributed by atoms with Gasteiger partial charge in [-0.2, -0.15) is 5.26 Å². The molecule has 0 aliphatic rings. The zero-order valence-electron chi connectivity index (χ0n) is 11.0. The van der Waals surface area contributed by atoms with E-state index in [2.05, 4.69) is 4.98 Å². The number of esters is 1. The maximum Gasteiger partial charge on any atom is 0.323 e. The molecule has 1 aromatic carbocycles. The summed E-state index contributed by atoms with van der Waals surface area (Å²) < 4.78 is 6.78. The van der Waals surface area contributed by atoms with Gasteiger partial charge in [-0.1, -0.05) is 12.1 Å². The molecule has 0 radical (unpaired) electrons. The molecular weight excluding hydrogens is 242 g/mol. The number of hydrogen-bond acceptors (Lipinski definition) is 4. The monoisotopic (exact) mass is 257 g/mol. The zero-order chi connectivity index (χ0) is 13.8. The van der Waals surface area contributed by atoms with Gasteiger partial charge in [-0.15, -0.1) is 0 Å². The maximum atomic E-state index is 11.6. The van der Waals surface area contributed by atoms with Gasteiger partial charge in [-0.25, -0.2) is 4.98 Å². The van der Waals surface area contributed by atoms with E-state index in [0.29, 0.717) is 5.82 Å². The molecule has 0 bridgehead atoms. The van der Waals surface area contributed by atoms with E-state index < -0.39 is 11.9 Å². The standard InChI is InChI=1S/C14H15N3O2/c1-3-19-14(18)10(9-15)8-13-16-11-6-4-5-7-12(11)17(13)2/h4-7,10H,3,8H2,1-2H3. The number of aromatic nitrogens is 2. The molecule has 0 aliphatic heterocycles. The third-order valence-corrected chi connectivity index (χ3v) is 2.99. The lowest BCUT2D eigenvalue weighted by Crippen LogP contribution is -2.20. The first-order valence-electron chi connectivity index (χ1n) is 6.14. The van der Waals surface area contributed by atoms with Crippen LogP contribution >= 0.6 is 0 Å². The van der Waals surface area contributed by atoms with Gasteiger partial charge >= 0.3 is 5.97 Å². The normalized spacial score (nSPS) is 12.1. The maximum absolute atomic E-state index is 11.6. The molecule has 1 unspecified atom stereocenters. The van der Waals surface area contributed by atoms with Crippen molar-refractivity contribution in [2.45, 2.75) is 13.3 Å². The summed E-state index contributed by atoms with van der Waals surface area (Å²) >= 11 is 0. The van der Waals surface area contributed by atoms with Gasteiger partial charge in [0.15, 0.2) is 5.92 Å². The van der Waals surface area contributed by atoms with E-state index in [1.165, 1.54) is 0 Å². The van der Waals surface area contributed by atoms with Crippen LogP contribution in [0.25, 0.3) is 11.0 Å². The van der Waals surface area contributed by atoms with Crippen molar-refractivity contribution in [3.8, 4) is 6.07 Å². The van der Waals surface area contributed by atoms with Crippen molar-refractivity contribution in [3.63, 3.8) is 0 Å². The van der Waals surface area contributed by atoms with Gasteiger partial charge in [0.25, 0.3) is 0 Å². The van der Waals surface area contributed by atoms with Crippen LogP contribution in [-0.2, 0) is 23.0 Å². The minimum absolute atomic E-state index is 0.264. The second kappa shape index (κ2) is 5.53. The summed E-state index contributed by atoms with van der Waals surface area (Å²) in [6, 6.07) is 9.68. The fourth-order valence-electron chi connectivity index (χ4n) is 1.99. The van der Waals surface area contributed by atoms with Crippen LogP contribution in [0.3, 0.4) is 0 Å². The van der Waals surface area contributed by atoms with Crippen molar-refractivity contribution < 1.29 is 9.53 Å². The number of aryl methyl sites for hydroxylation is 1. The molecule has 2 rings (SSSR count). The van der Waals surface area contributed by atoms with Crippen LogP contribution in [0.1, 0.15) is 12.7 Å². The first-order valence-corrected chi connectivity index (χ1v) is 6.14. The van der Waals surface area contributed by atoms with Gasteiger partial charge in [0.2, 0.25) is 0 Å². The predicted octanol–water partition coefficient (Wildman–Crippen LogP) is 1.82. The molecule has 19 heavy (non-hydrogen) atoms. The molecule has 1 atom stereocenters. The second-order valence-corrected chi connectivity index (χ2v) is 4.21. The van der Waals surface area contributed by atoms with Crippen LogP contribution in [0.5, 0.6) is 0 Å². The number of fused-ring (bicyclic) bond motifs is 1. The lowest BCUT2D eigenvalue weighted by molar-refractivity contribution is -0.146. The van der Waals surface area contributed by atoms with Crippen LogP contribution in [0, 0.1) is 17.2 Å². The number of para-hydroxylation sites is 2. The van der Waals surface area contributed by atoms with Gasteiger partial charge in [-0.3, -0.25) is 4.79 Å². The fraction of sp³-hybridized carbons (Fsp3) is 0.357. The number of imidazole rings is 1. The Balaban J connectivity index is 2.28. The Morgan fingerprint density at radius 1 is 1.53 bits per heavy atom. The number of hydrogen-bond donors (Lipinski definition) is 0. The Labute approximate surface area is 111 Å². The van der Waals surface area contributed by atoms with Crippen LogP contribution in [0.4, 0.5) is 0 Å². The topological polar surface area (TPSA) is 67.9 Å². The average Bonchev–Trinajstić information content (AvgIpc) is 2.73. The van der Waals surface area contributed by atoms with Gasteiger partial charge in [0.1, 0.15) is 5.82 Å². The van der Waals surface area contributed by atoms with Crippen LogP contribution < -0.4 is 0 Å². The van der Waals surface area contributed by atoms with E-state index in [0.717, 1.165) is 11.0 Å². The lowest BCUT2D eigenvalue weighted by Gasteiger charge is -2.08. The quantitative estimate of drug-likeness (QED) is 0.783. The van der Waals surface area contributed by atoms with Crippen molar-refractivity contribution in [1.29, 1.82) is 5.26 Å². The first-order chi connectivity index (χ1) is 9.17. The molecule has 0 N–H and O–H groups in total. The SMILES string of the molecule is CCOC(=O)C(C#N)Cc1nc2ccccc2n1C. The molecule has 5 heteroatoms. The van der Waals surface area contributed by atoms with Crippen molar-refractivity contribution in [2.24, 2.45) is 13.0 Å². The summed E-state index contributed by atoms with van der Waals surface area (Å²) in [5, 5.41) is 9.06.